The van der Waals surface area contributed by atoms with Crippen LogP contribution in [0.25, 0.3) is 16.6 Å². The smallest absolute Gasteiger partial charge is 0.341 e. The quantitative estimate of drug-likeness (QED) is 0.563. The van der Waals surface area contributed by atoms with Gasteiger partial charge in [0, 0.05) is 36.3 Å². The lowest BCUT2D eigenvalue weighted by Crippen LogP contribution is -2.56. The van der Waals surface area contributed by atoms with Crippen molar-refractivity contribution in [2.24, 2.45) is 5.73 Å². The molecule has 8 heteroatoms. The number of aromatic carboxylic acids is 1. The summed E-state index contributed by atoms with van der Waals surface area (Å²) in [6.45, 7) is 0.992. The third-order valence-corrected chi connectivity index (χ3v) is 4.97. The van der Waals surface area contributed by atoms with Crippen molar-refractivity contribution < 1.29 is 19.0 Å². The fourth-order valence-corrected chi connectivity index (χ4v) is 3.76. The van der Waals surface area contributed by atoms with Gasteiger partial charge in [0.05, 0.1) is 11.9 Å². The molecule has 27 heavy (non-hydrogen) atoms. The molecule has 7 nitrogen and oxygen atoms in total. The van der Waals surface area contributed by atoms with Crippen molar-refractivity contribution in [2.45, 2.75) is 6.04 Å². The number of para-hydroxylation sites is 1. The zero-order valence-corrected chi connectivity index (χ0v) is 14.0. The summed E-state index contributed by atoms with van der Waals surface area (Å²) in [5.41, 5.74) is 6.41. The summed E-state index contributed by atoms with van der Waals surface area (Å²) < 4.78 is 22.0. The van der Waals surface area contributed by atoms with E-state index in [1.807, 2.05) is 4.90 Å². The normalized spacial score (nSPS) is 15.3. The number of nitrogens with zero attached hydrogens (tertiary/aromatic N) is 2. The van der Waals surface area contributed by atoms with Crippen LogP contribution in [0.5, 0.6) is 11.5 Å². The summed E-state index contributed by atoms with van der Waals surface area (Å²) in [6.07, 6.45) is 1.02. The van der Waals surface area contributed by atoms with Gasteiger partial charge in [0.25, 0.3) is 5.56 Å². The fourth-order valence-electron chi connectivity index (χ4n) is 3.76. The number of anilines is 1. The Morgan fingerprint density at radius 3 is 2.70 bits per heavy atom. The summed E-state index contributed by atoms with van der Waals surface area (Å²) in [4.78, 5) is 25.9. The number of carboxylic acids is 1. The average Bonchev–Trinajstić information content (AvgIpc) is 2.61. The van der Waals surface area contributed by atoms with E-state index in [2.05, 4.69) is 0 Å². The fraction of sp³-hybridized carbons (Fsp3) is 0.158. The molecule has 2 aliphatic heterocycles. The largest absolute Gasteiger partial charge is 0.477 e. The summed E-state index contributed by atoms with van der Waals surface area (Å²) in [5.74, 6) is -1.34. The Kier molecular flexibility index (Phi) is 3.11. The highest BCUT2D eigenvalue weighted by Crippen LogP contribution is 2.49. The second-order valence-corrected chi connectivity index (χ2v) is 6.72. The SMILES string of the molecule is NC1CN(c2c(F)cn3c(=O)c(C(=O)O)cc4c3c2-c2ccccc2O4)C1. The van der Waals surface area contributed by atoms with Crippen LogP contribution in [0.4, 0.5) is 10.1 Å². The molecule has 2 aromatic heterocycles. The second kappa shape index (κ2) is 5.31. The van der Waals surface area contributed by atoms with Gasteiger partial charge in [-0.2, -0.15) is 0 Å². The summed E-state index contributed by atoms with van der Waals surface area (Å²) in [7, 11) is 0. The molecule has 2 aliphatic rings. The number of hydrogen-bond acceptors (Lipinski definition) is 5. The molecule has 1 fully saturated rings. The first-order valence-electron chi connectivity index (χ1n) is 8.38. The topological polar surface area (TPSA) is 97.3 Å². The van der Waals surface area contributed by atoms with Gasteiger partial charge in [-0.05, 0) is 6.07 Å². The molecule has 3 N–H and O–H groups in total. The first-order chi connectivity index (χ1) is 13.0. The summed E-state index contributed by atoms with van der Waals surface area (Å²) in [6, 6.07) is 8.22. The third-order valence-electron chi connectivity index (χ3n) is 4.97. The Balaban J connectivity index is 1.94. The lowest BCUT2D eigenvalue weighted by atomic mass is 9.95. The van der Waals surface area contributed by atoms with Gasteiger partial charge in [-0.25, -0.2) is 9.18 Å². The molecule has 0 saturated carbocycles. The first kappa shape index (κ1) is 15.8. The van der Waals surface area contributed by atoms with E-state index in [-0.39, 0.29) is 11.8 Å². The number of carboxylic acid groups (broad SMARTS) is 1. The standard InChI is InChI=1S/C19H14FN3O4/c20-12-8-23-17-14(5-11(18(23)24)19(25)26)27-13-4-2-1-3-10(13)15(17)16(12)22-6-9(21)7-22/h1-5,8-9H,6-7,21H2,(H,25,26). The number of hydrogen-bond donors (Lipinski definition) is 2. The maximum absolute atomic E-state index is 15.1. The number of carbonyl (C=O) groups is 1. The molecule has 1 aromatic carbocycles. The zero-order valence-electron chi connectivity index (χ0n) is 14.0. The number of aromatic nitrogens is 1. The maximum Gasteiger partial charge on any atom is 0.341 e. The number of nitrogens with two attached hydrogens (primary N) is 1. The molecular formula is C19H14FN3O4. The molecule has 0 amide bonds. The summed E-state index contributed by atoms with van der Waals surface area (Å²) >= 11 is 0. The number of rotatable bonds is 2. The summed E-state index contributed by atoms with van der Waals surface area (Å²) in [5, 5.41) is 9.33. The van der Waals surface area contributed by atoms with Gasteiger partial charge < -0.3 is 20.5 Å². The van der Waals surface area contributed by atoms with E-state index < -0.39 is 22.9 Å². The van der Waals surface area contributed by atoms with E-state index in [0.29, 0.717) is 41.2 Å². The Morgan fingerprint density at radius 1 is 1.26 bits per heavy atom. The molecule has 0 radical (unpaired) electrons. The van der Waals surface area contributed by atoms with Crippen LogP contribution in [0, 0.1) is 5.82 Å². The van der Waals surface area contributed by atoms with Gasteiger partial charge >= 0.3 is 5.97 Å². The predicted molar refractivity (Wildman–Crippen MR) is 96.3 cm³/mol. The monoisotopic (exact) mass is 367 g/mol. The van der Waals surface area contributed by atoms with Crippen LogP contribution >= 0.6 is 0 Å². The van der Waals surface area contributed by atoms with E-state index in [4.69, 9.17) is 10.5 Å². The van der Waals surface area contributed by atoms with Gasteiger partial charge in [0.15, 0.2) is 11.6 Å². The predicted octanol–water partition coefficient (Wildman–Crippen LogP) is 2.06. The van der Waals surface area contributed by atoms with Crippen LogP contribution in [-0.4, -0.2) is 34.6 Å². The average molecular weight is 367 g/mol. The molecule has 0 aliphatic carbocycles. The molecule has 0 spiro atoms. The Labute approximate surface area is 152 Å². The molecule has 0 bridgehead atoms. The van der Waals surface area contributed by atoms with Crippen LogP contribution in [-0.2, 0) is 0 Å². The van der Waals surface area contributed by atoms with Crippen molar-refractivity contribution in [1.82, 2.24) is 4.40 Å². The molecule has 0 unspecified atom stereocenters. The molecule has 1 saturated heterocycles. The minimum atomic E-state index is -1.40. The number of fused-ring (bicyclic) bond motifs is 2. The van der Waals surface area contributed by atoms with Crippen LogP contribution in [0.1, 0.15) is 10.4 Å². The van der Waals surface area contributed by atoms with Gasteiger partial charge in [-0.1, -0.05) is 18.2 Å². The lowest BCUT2D eigenvalue weighted by Gasteiger charge is -2.41. The number of halogens is 1. The Hall–Kier alpha value is -3.39. The van der Waals surface area contributed by atoms with Crippen molar-refractivity contribution in [2.75, 3.05) is 18.0 Å². The van der Waals surface area contributed by atoms with Crippen molar-refractivity contribution in [1.29, 1.82) is 0 Å². The van der Waals surface area contributed by atoms with Crippen LogP contribution in [0.2, 0.25) is 0 Å². The van der Waals surface area contributed by atoms with E-state index >= 15 is 4.39 Å². The minimum absolute atomic E-state index is 0.0426. The van der Waals surface area contributed by atoms with Crippen molar-refractivity contribution in [3.63, 3.8) is 0 Å². The minimum Gasteiger partial charge on any atom is -0.477 e. The highest BCUT2D eigenvalue weighted by Gasteiger charge is 2.34. The maximum atomic E-state index is 15.1. The number of ether oxygens (including phenoxy) is 1. The van der Waals surface area contributed by atoms with Crippen LogP contribution in [0.15, 0.2) is 41.3 Å². The molecule has 0 atom stereocenters. The molecule has 136 valence electrons. The van der Waals surface area contributed by atoms with Gasteiger partial charge in [0.2, 0.25) is 0 Å². The molecule has 3 aromatic rings. The highest BCUT2D eigenvalue weighted by atomic mass is 19.1. The van der Waals surface area contributed by atoms with Gasteiger partial charge in [-0.15, -0.1) is 0 Å². The van der Waals surface area contributed by atoms with E-state index in [1.54, 1.807) is 24.3 Å². The number of pyridine rings is 2. The Morgan fingerprint density at radius 2 is 2.00 bits per heavy atom. The van der Waals surface area contributed by atoms with Crippen LogP contribution < -0.4 is 20.9 Å². The van der Waals surface area contributed by atoms with Crippen LogP contribution in [0.3, 0.4) is 0 Å². The van der Waals surface area contributed by atoms with Crippen molar-refractivity contribution in [3.05, 3.63) is 58.3 Å². The van der Waals surface area contributed by atoms with Crippen molar-refractivity contribution in [3.8, 4) is 22.6 Å². The first-order valence-corrected chi connectivity index (χ1v) is 8.38. The number of benzene rings is 1. The molecule has 4 heterocycles. The second-order valence-electron chi connectivity index (χ2n) is 6.72. The molecule has 5 rings (SSSR count). The van der Waals surface area contributed by atoms with E-state index in [1.165, 1.54) is 6.07 Å². The van der Waals surface area contributed by atoms with Gasteiger partial charge in [0.1, 0.15) is 16.8 Å². The van der Waals surface area contributed by atoms with Crippen molar-refractivity contribution >= 4 is 17.2 Å². The lowest BCUT2D eigenvalue weighted by molar-refractivity contribution is 0.0694. The molecular weight excluding hydrogens is 353 g/mol. The van der Waals surface area contributed by atoms with E-state index in [0.717, 1.165) is 10.6 Å². The Bertz CT molecular complexity index is 1200. The highest BCUT2D eigenvalue weighted by molar-refractivity contribution is 6.00. The zero-order chi connectivity index (χ0) is 18.9. The van der Waals surface area contributed by atoms with Gasteiger partial charge in [-0.3, -0.25) is 9.20 Å². The van der Waals surface area contributed by atoms with E-state index in [9.17, 15) is 14.7 Å². The third kappa shape index (κ3) is 2.10.